The van der Waals surface area contributed by atoms with Gasteiger partial charge in [-0.05, 0) is 56.5 Å². The van der Waals surface area contributed by atoms with Crippen molar-refractivity contribution in [3.8, 4) is 0 Å². The number of aromatic nitrogens is 1. The molecule has 1 aromatic heterocycles. The Balaban J connectivity index is 1.83. The molecule has 26 heavy (non-hydrogen) atoms. The van der Waals surface area contributed by atoms with Gasteiger partial charge in [0, 0.05) is 42.3 Å². The summed E-state index contributed by atoms with van der Waals surface area (Å²) in [4.78, 5) is 20.9. The maximum absolute atomic E-state index is 13.0. The fourth-order valence-corrected chi connectivity index (χ4v) is 4.84. The predicted molar refractivity (Wildman–Crippen MR) is 107 cm³/mol. The highest BCUT2D eigenvalue weighted by Crippen LogP contribution is 2.42. The SMILES string of the molecule is CCc1[nH]c2cccc3c2c1C[C@@H]1C3=C[C@@H](C(=O)N(CC)CC)CN1C. The van der Waals surface area contributed by atoms with Crippen LogP contribution in [0.1, 0.15) is 37.6 Å². The Morgan fingerprint density at radius 2 is 2.04 bits per heavy atom. The van der Waals surface area contributed by atoms with Crippen molar-refractivity contribution in [1.82, 2.24) is 14.8 Å². The van der Waals surface area contributed by atoms with E-state index in [1.54, 1.807) is 0 Å². The van der Waals surface area contributed by atoms with Crippen molar-refractivity contribution in [3.05, 3.63) is 41.1 Å². The lowest BCUT2D eigenvalue weighted by Gasteiger charge is -2.40. The maximum Gasteiger partial charge on any atom is 0.230 e. The number of hydrogen-bond donors (Lipinski definition) is 1. The van der Waals surface area contributed by atoms with Crippen LogP contribution in [-0.4, -0.2) is 53.4 Å². The summed E-state index contributed by atoms with van der Waals surface area (Å²) >= 11 is 0. The number of fused-ring (bicyclic) bond motifs is 2. The third-order valence-corrected chi connectivity index (χ3v) is 6.23. The monoisotopic (exact) mass is 351 g/mol. The number of aryl methyl sites for hydroxylation is 1. The summed E-state index contributed by atoms with van der Waals surface area (Å²) in [5, 5.41) is 1.37. The highest BCUT2D eigenvalue weighted by molar-refractivity contribution is 6.00. The Bertz CT molecular complexity index is 875. The molecule has 0 bridgehead atoms. The summed E-state index contributed by atoms with van der Waals surface area (Å²) < 4.78 is 0. The summed E-state index contributed by atoms with van der Waals surface area (Å²) in [5.41, 5.74) is 6.72. The molecule has 4 rings (SSSR count). The number of amides is 1. The van der Waals surface area contributed by atoms with Gasteiger partial charge in [0.05, 0.1) is 5.92 Å². The molecule has 2 atom stereocenters. The molecule has 138 valence electrons. The predicted octanol–water partition coefficient (Wildman–Crippen LogP) is 3.47. The van der Waals surface area contributed by atoms with Crippen molar-refractivity contribution in [2.24, 2.45) is 5.92 Å². The van der Waals surface area contributed by atoms with Gasteiger partial charge in [0.1, 0.15) is 0 Å². The van der Waals surface area contributed by atoms with Crippen LogP contribution in [-0.2, 0) is 17.6 Å². The van der Waals surface area contributed by atoms with E-state index >= 15 is 0 Å². The number of nitrogens with zero attached hydrogens (tertiary/aromatic N) is 2. The number of likely N-dealkylation sites (N-methyl/N-ethyl adjacent to an activating group) is 1. The molecule has 0 saturated carbocycles. The Labute approximate surface area is 155 Å². The minimum absolute atomic E-state index is 0.0486. The van der Waals surface area contributed by atoms with Gasteiger partial charge in [-0.1, -0.05) is 25.1 Å². The van der Waals surface area contributed by atoms with Crippen LogP contribution in [0.15, 0.2) is 24.3 Å². The van der Waals surface area contributed by atoms with Crippen molar-refractivity contribution in [1.29, 1.82) is 0 Å². The van der Waals surface area contributed by atoms with E-state index in [0.29, 0.717) is 6.04 Å². The summed E-state index contributed by atoms with van der Waals surface area (Å²) in [6, 6.07) is 6.91. The zero-order valence-electron chi connectivity index (χ0n) is 16.3. The second kappa shape index (κ2) is 6.58. The molecule has 0 spiro atoms. The minimum atomic E-state index is -0.0486. The first kappa shape index (κ1) is 17.3. The van der Waals surface area contributed by atoms with E-state index < -0.39 is 0 Å². The first-order valence-electron chi connectivity index (χ1n) is 9.92. The van der Waals surface area contributed by atoms with Crippen LogP contribution in [0, 0.1) is 5.92 Å². The molecular formula is C22H29N3O. The van der Waals surface area contributed by atoms with Crippen LogP contribution >= 0.6 is 0 Å². The fraction of sp³-hybridized carbons (Fsp3) is 0.500. The van der Waals surface area contributed by atoms with Crippen LogP contribution in [0.4, 0.5) is 0 Å². The Hall–Kier alpha value is -2.07. The molecule has 0 fully saturated rings. The number of carbonyl (C=O) groups excluding carboxylic acids is 1. The smallest absolute Gasteiger partial charge is 0.230 e. The zero-order valence-corrected chi connectivity index (χ0v) is 16.3. The number of carbonyl (C=O) groups is 1. The molecule has 2 heterocycles. The summed E-state index contributed by atoms with van der Waals surface area (Å²) in [6.45, 7) is 8.70. The standard InChI is InChI=1S/C22H29N3O/c1-5-18-17-12-20-16(15-9-8-10-19(23-18)21(15)17)11-14(13-24(20)4)22(26)25(6-2)7-3/h8-11,14,20,23H,5-7,12-13H2,1-4H3/t14-,20-/m1/s1. The summed E-state index contributed by atoms with van der Waals surface area (Å²) in [5.74, 6) is 0.210. The van der Waals surface area contributed by atoms with Crippen LogP contribution < -0.4 is 0 Å². The number of H-pyrrole nitrogens is 1. The quantitative estimate of drug-likeness (QED) is 0.916. The molecule has 1 aromatic carbocycles. The summed E-state index contributed by atoms with van der Waals surface area (Å²) in [6.07, 6.45) is 4.33. The lowest BCUT2D eigenvalue weighted by molar-refractivity contribution is -0.134. The second-order valence-electron chi connectivity index (χ2n) is 7.56. The molecule has 0 saturated heterocycles. The van der Waals surface area contributed by atoms with Crippen molar-refractivity contribution in [3.63, 3.8) is 0 Å². The molecule has 4 heteroatoms. The van der Waals surface area contributed by atoms with E-state index in [1.807, 2.05) is 4.90 Å². The van der Waals surface area contributed by atoms with E-state index in [2.05, 4.69) is 62.0 Å². The van der Waals surface area contributed by atoms with Crippen molar-refractivity contribution < 1.29 is 4.79 Å². The molecule has 0 unspecified atom stereocenters. The van der Waals surface area contributed by atoms with Gasteiger partial charge in [0.25, 0.3) is 0 Å². The second-order valence-corrected chi connectivity index (χ2v) is 7.56. The van der Waals surface area contributed by atoms with Crippen LogP contribution in [0.2, 0.25) is 0 Å². The lowest BCUT2D eigenvalue weighted by Crippen LogP contribution is -2.47. The average molecular weight is 351 g/mol. The Morgan fingerprint density at radius 3 is 2.73 bits per heavy atom. The molecule has 1 aliphatic heterocycles. The van der Waals surface area contributed by atoms with Crippen LogP contribution in [0.25, 0.3) is 16.5 Å². The van der Waals surface area contributed by atoms with Gasteiger partial charge in [0.15, 0.2) is 0 Å². The maximum atomic E-state index is 13.0. The van der Waals surface area contributed by atoms with Crippen LogP contribution in [0.5, 0.6) is 0 Å². The largest absolute Gasteiger partial charge is 0.358 e. The van der Waals surface area contributed by atoms with E-state index in [9.17, 15) is 4.79 Å². The number of aromatic amines is 1. The molecule has 4 nitrogen and oxygen atoms in total. The third-order valence-electron chi connectivity index (χ3n) is 6.23. The highest BCUT2D eigenvalue weighted by Gasteiger charge is 2.37. The Kier molecular flexibility index (Phi) is 4.39. The third kappa shape index (κ3) is 2.50. The van der Waals surface area contributed by atoms with Gasteiger partial charge in [-0.15, -0.1) is 0 Å². The fourth-order valence-electron chi connectivity index (χ4n) is 4.84. The highest BCUT2D eigenvalue weighted by atomic mass is 16.2. The number of nitrogens with one attached hydrogen (secondary N) is 1. The molecule has 1 N–H and O–H groups in total. The van der Waals surface area contributed by atoms with Gasteiger partial charge in [-0.3, -0.25) is 9.69 Å². The van der Waals surface area contributed by atoms with E-state index in [4.69, 9.17) is 0 Å². The topological polar surface area (TPSA) is 39.3 Å². The van der Waals surface area contributed by atoms with Crippen molar-refractivity contribution >= 4 is 22.4 Å². The molecule has 1 aliphatic carbocycles. The number of benzene rings is 1. The minimum Gasteiger partial charge on any atom is -0.358 e. The van der Waals surface area contributed by atoms with E-state index in [1.165, 1.54) is 33.3 Å². The first-order valence-corrected chi connectivity index (χ1v) is 9.92. The first-order chi connectivity index (χ1) is 12.6. The average Bonchev–Trinajstić information content (AvgIpc) is 3.02. The number of rotatable bonds is 4. The lowest BCUT2D eigenvalue weighted by atomic mass is 9.79. The van der Waals surface area contributed by atoms with Gasteiger partial charge < -0.3 is 9.88 Å². The van der Waals surface area contributed by atoms with E-state index in [0.717, 1.165) is 32.5 Å². The van der Waals surface area contributed by atoms with Crippen molar-refractivity contribution in [2.75, 3.05) is 26.7 Å². The number of hydrogen-bond acceptors (Lipinski definition) is 2. The molecule has 1 amide bonds. The normalized spacial score (nSPS) is 22.2. The Morgan fingerprint density at radius 1 is 1.27 bits per heavy atom. The molecule has 2 aliphatic rings. The molecular weight excluding hydrogens is 322 g/mol. The summed E-state index contributed by atoms with van der Waals surface area (Å²) in [7, 11) is 2.17. The van der Waals surface area contributed by atoms with Gasteiger partial charge in [-0.25, -0.2) is 0 Å². The van der Waals surface area contributed by atoms with Gasteiger partial charge in [-0.2, -0.15) is 0 Å². The van der Waals surface area contributed by atoms with E-state index in [-0.39, 0.29) is 11.8 Å². The van der Waals surface area contributed by atoms with Gasteiger partial charge in [0.2, 0.25) is 5.91 Å². The van der Waals surface area contributed by atoms with Crippen LogP contribution in [0.3, 0.4) is 0 Å². The van der Waals surface area contributed by atoms with Gasteiger partial charge >= 0.3 is 0 Å². The molecule has 0 radical (unpaired) electrons. The zero-order chi connectivity index (χ0) is 18.4. The molecule has 2 aromatic rings. The van der Waals surface area contributed by atoms with Crippen molar-refractivity contribution in [2.45, 2.75) is 39.7 Å².